The average molecular weight is 248 g/mol. The Bertz CT molecular complexity index is 456. The van der Waals surface area contributed by atoms with Gasteiger partial charge in [-0.1, -0.05) is 6.07 Å². The molecule has 2 unspecified atom stereocenters. The summed E-state index contributed by atoms with van der Waals surface area (Å²) in [4.78, 5) is 12.0. The zero-order valence-electron chi connectivity index (χ0n) is 9.69. The van der Waals surface area contributed by atoms with Crippen LogP contribution in [0.3, 0.4) is 0 Å². The van der Waals surface area contributed by atoms with Gasteiger partial charge in [-0.25, -0.2) is 0 Å². The molecule has 90 valence electrons. The molecule has 1 aromatic rings. The monoisotopic (exact) mass is 248 g/mol. The van der Waals surface area contributed by atoms with Crippen LogP contribution in [0.1, 0.15) is 30.4 Å². The van der Waals surface area contributed by atoms with E-state index in [0.29, 0.717) is 5.25 Å². The van der Waals surface area contributed by atoms with E-state index in [1.54, 1.807) is 11.8 Å². The Morgan fingerprint density at radius 2 is 2.00 bits per heavy atom. The maximum atomic E-state index is 10.8. The van der Waals surface area contributed by atoms with Crippen molar-refractivity contribution in [3.05, 3.63) is 29.3 Å². The van der Waals surface area contributed by atoms with Gasteiger partial charge in [0.05, 0.1) is 5.92 Å². The third kappa shape index (κ3) is 2.34. The summed E-state index contributed by atoms with van der Waals surface area (Å²) < 4.78 is 0. The van der Waals surface area contributed by atoms with Crippen LogP contribution < -0.4 is 0 Å². The van der Waals surface area contributed by atoms with Crippen molar-refractivity contribution < 1.29 is 9.90 Å². The first-order valence-corrected chi connectivity index (χ1v) is 7.13. The topological polar surface area (TPSA) is 37.3 Å². The first-order chi connectivity index (χ1) is 8.24. The van der Waals surface area contributed by atoms with Crippen LogP contribution in [-0.4, -0.2) is 16.3 Å². The number of thioether (sulfide) groups is 1. The Hall–Kier alpha value is -0.960. The highest BCUT2D eigenvalue weighted by Gasteiger charge is 2.43. The molecule has 1 N–H and O–H groups in total. The molecule has 2 aliphatic rings. The molecular formula is C14H16O2S. The van der Waals surface area contributed by atoms with Crippen LogP contribution in [0.25, 0.3) is 0 Å². The lowest BCUT2D eigenvalue weighted by molar-refractivity contribution is -0.138. The van der Waals surface area contributed by atoms with Gasteiger partial charge in [0.2, 0.25) is 0 Å². The molecule has 17 heavy (non-hydrogen) atoms. The quantitative estimate of drug-likeness (QED) is 0.893. The number of rotatable bonds is 3. The van der Waals surface area contributed by atoms with Crippen molar-refractivity contribution in [1.82, 2.24) is 0 Å². The van der Waals surface area contributed by atoms with Crippen molar-refractivity contribution in [1.29, 1.82) is 0 Å². The minimum Gasteiger partial charge on any atom is -0.481 e. The Kier molecular flexibility index (Phi) is 2.87. The van der Waals surface area contributed by atoms with Gasteiger partial charge in [0.1, 0.15) is 0 Å². The fraction of sp³-hybridized carbons (Fsp3) is 0.500. The summed E-state index contributed by atoms with van der Waals surface area (Å²) in [6, 6.07) is 6.66. The zero-order valence-corrected chi connectivity index (χ0v) is 10.5. The molecule has 0 radical (unpaired) electrons. The third-order valence-electron chi connectivity index (χ3n) is 3.66. The van der Waals surface area contributed by atoms with Crippen molar-refractivity contribution in [3.63, 3.8) is 0 Å². The molecule has 1 saturated carbocycles. The van der Waals surface area contributed by atoms with Crippen molar-refractivity contribution in [3.8, 4) is 0 Å². The van der Waals surface area contributed by atoms with Crippen LogP contribution in [0.4, 0.5) is 0 Å². The van der Waals surface area contributed by atoms with Crippen LogP contribution in [0, 0.1) is 5.92 Å². The molecule has 0 saturated heterocycles. The lowest BCUT2D eigenvalue weighted by atomic mass is 9.92. The van der Waals surface area contributed by atoms with Crippen LogP contribution >= 0.6 is 11.8 Å². The number of carboxylic acids is 1. The summed E-state index contributed by atoms with van der Waals surface area (Å²) in [5.41, 5.74) is 2.97. The van der Waals surface area contributed by atoms with Gasteiger partial charge in [-0.05, 0) is 55.4 Å². The smallest absolute Gasteiger partial charge is 0.307 e. The summed E-state index contributed by atoms with van der Waals surface area (Å²) in [7, 11) is 0. The van der Waals surface area contributed by atoms with Gasteiger partial charge in [-0.2, -0.15) is 0 Å². The average Bonchev–Trinajstić information content (AvgIpc) is 3.08. The second-order valence-electron chi connectivity index (χ2n) is 4.97. The summed E-state index contributed by atoms with van der Waals surface area (Å²) in [6.07, 6.45) is 5.83. The van der Waals surface area contributed by atoms with Crippen LogP contribution in [0.2, 0.25) is 0 Å². The number of hydrogen-bond donors (Lipinski definition) is 1. The second-order valence-corrected chi connectivity index (χ2v) is 6.29. The molecule has 3 heteroatoms. The van der Waals surface area contributed by atoms with Gasteiger partial charge < -0.3 is 5.11 Å². The van der Waals surface area contributed by atoms with Crippen molar-refractivity contribution in [2.75, 3.05) is 0 Å². The number of benzene rings is 1. The maximum Gasteiger partial charge on any atom is 0.307 e. The normalized spacial score (nSPS) is 26.4. The standard InChI is InChI=1S/C14H16O2S/c15-14(16)12-8-13(12)17-11-6-5-9-3-1-2-4-10(9)7-11/h5-7,12-13H,1-4,8H2,(H,15,16). The summed E-state index contributed by atoms with van der Waals surface area (Å²) in [5, 5.41) is 9.18. The molecular weight excluding hydrogens is 232 g/mol. The molecule has 0 spiro atoms. The predicted octanol–water partition coefficient (Wildman–Crippen LogP) is 3.13. The van der Waals surface area contributed by atoms with Gasteiger partial charge in [0, 0.05) is 10.1 Å². The first-order valence-electron chi connectivity index (χ1n) is 6.25. The van der Waals surface area contributed by atoms with Gasteiger partial charge in [0.25, 0.3) is 0 Å². The highest BCUT2D eigenvalue weighted by atomic mass is 32.2. The summed E-state index contributed by atoms with van der Waals surface area (Å²) >= 11 is 1.74. The van der Waals surface area contributed by atoms with E-state index in [4.69, 9.17) is 5.11 Å². The minimum absolute atomic E-state index is 0.115. The third-order valence-corrected chi connectivity index (χ3v) is 5.01. The van der Waals surface area contributed by atoms with Crippen LogP contribution in [-0.2, 0) is 17.6 Å². The van der Waals surface area contributed by atoms with E-state index >= 15 is 0 Å². The Balaban J connectivity index is 1.70. The van der Waals surface area contributed by atoms with Gasteiger partial charge in [-0.15, -0.1) is 11.8 Å². The number of carbonyl (C=O) groups is 1. The number of aliphatic carboxylic acids is 1. The SMILES string of the molecule is O=C(O)C1CC1Sc1ccc2c(c1)CCCC2. The molecule has 2 nitrogen and oxygen atoms in total. The highest BCUT2D eigenvalue weighted by molar-refractivity contribution is 8.00. The molecule has 0 aliphatic heterocycles. The Morgan fingerprint density at radius 1 is 1.24 bits per heavy atom. The van der Waals surface area contributed by atoms with Gasteiger partial charge in [0.15, 0.2) is 0 Å². The fourth-order valence-electron chi connectivity index (χ4n) is 2.52. The molecule has 0 aromatic heterocycles. The van der Waals surface area contributed by atoms with Crippen molar-refractivity contribution >= 4 is 17.7 Å². The number of carboxylic acid groups (broad SMARTS) is 1. The van der Waals surface area contributed by atoms with E-state index in [2.05, 4.69) is 18.2 Å². The second kappa shape index (κ2) is 4.37. The molecule has 0 amide bonds. The number of fused-ring (bicyclic) bond motifs is 1. The van der Waals surface area contributed by atoms with Crippen LogP contribution in [0.5, 0.6) is 0 Å². The summed E-state index contributed by atoms with van der Waals surface area (Å²) in [6.45, 7) is 0. The lowest BCUT2D eigenvalue weighted by Crippen LogP contribution is -2.02. The van der Waals surface area contributed by atoms with Crippen LogP contribution in [0.15, 0.2) is 23.1 Å². The fourth-order valence-corrected chi connectivity index (χ4v) is 3.81. The Morgan fingerprint density at radius 3 is 2.71 bits per heavy atom. The zero-order chi connectivity index (χ0) is 11.8. The predicted molar refractivity (Wildman–Crippen MR) is 68.5 cm³/mol. The van der Waals surface area contributed by atoms with E-state index in [0.717, 1.165) is 6.42 Å². The van der Waals surface area contributed by atoms with E-state index in [1.807, 2.05) is 0 Å². The van der Waals surface area contributed by atoms with E-state index in [1.165, 1.54) is 41.7 Å². The highest BCUT2D eigenvalue weighted by Crippen LogP contribution is 2.45. The molecule has 1 fully saturated rings. The molecule has 2 atom stereocenters. The first kappa shape index (κ1) is 11.1. The molecule has 2 aliphatic carbocycles. The molecule has 1 aromatic carbocycles. The van der Waals surface area contributed by atoms with Gasteiger partial charge >= 0.3 is 5.97 Å². The van der Waals surface area contributed by atoms with Crippen molar-refractivity contribution in [2.45, 2.75) is 42.2 Å². The molecule has 3 rings (SSSR count). The number of aryl methyl sites for hydroxylation is 2. The summed E-state index contributed by atoms with van der Waals surface area (Å²) in [5.74, 6) is -0.753. The van der Waals surface area contributed by atoms with E-state index in [9.17, 15) is 4.79 Å². The number of hydrogen-bond acceptors (Lipinski definition) is 2. The van der Waals surface area contributed by atoms with Gasteiger partial charge in [-0.3, -0.25) is 4.79 Å². The Labute approximate surface area is 105 Å². The minimum atomic E-state index is -0.638. The molecule has 0 heterocycles. The van der Waals surface area contributed by atoms with E-state index in [-0.39, 0.29) is 5.92 Å². The van der Waals surface area contributed by atoms with Crippen molar-refractivity contribution in [2.24, 2.45) is 5.92 Å². The largest absolute Gasteiger partial charge is 0.481 e. The lowest BCUT2D eigenvalue weighted by Gasteiger charge is -2.16. The van der Waals surface area contributed by atoms with E-state index < -0.39 is 5.97 Å². The maximum absolute atomic E-state index is 10.8. The molecule has 0 bridgehead atoms.